The van der Waals surface area contributed by atoms with Crippen LogP contribution < -0.4 is 4.74 Å². The molecule has 0 atom stereocenters. The standard InChI is InChI=1S/C17H20BrNO2S/c1-13-8-10-22-16(13)12-19(2)17(20)7-4-9-21-15-6-3-5-14(18)11-15/h3,5-6,8,10-11H,4,7,9,12H2,1-2H3. The number of hydrogen-bond acceptors (Lipinski definition) is 3. The number of carbonyl (C=O) groups is 1. The average Bonchev–Trinajstić information content (AvgIpc) is 2.88. The first kappa shape index (κ1) is 17.0. The molecule has 5 heteroatoms. The summed E-state index contributed by atoms with van der Waals surface area (Å²) >= 11 is 5.11. The molecule has 22 heavy (non-hydrogen) atoms. The highest BCUT2D eigenvalue weighted by Gasteiger charge is 2.11. The third kappa shape index (κ3) is 5.14. The van der Waals surface area contributed by atoms with E-state index in [1.54, 1.807) is 16.2 Å². The minimum atomic E-state index is 0.158. The summed E-state index contributed by atoms with van der Waals surface area (Å²) in [6.07, 6.45) is 1.23. The van der Waals surface area contributed by atoms with Crippen LogP contribution in [0.5, 0.6) is 5.75 Å². The van der Waals surface area contributed by atoms with Crippen molar-refractivity contribution in [1.82, 2.24) is 4.90 Å². The number of amides is 1. The Labute approximate surface area is 144 Å². The van der Waals surface area contributed by atoms with Gasteiger partial charge in [-0.25, -0.2) is 0 Å². The molecule has 0 saturated heterocycles. The molecule has 0 spiro atoms. The Kier molecular flexibility index (Phi) is 6.46. The number of carbonyl (C=O) groups excluding carboxylic acids is 1. The van der Waals surface area contributed by atoms with Gasteiger partial charge in [-0.3, -0.25) is 4.79 Å². The first-order chi connectivity index (χ1) is 10.6. The molecule has 0 unspecified atom stereocenters. The minimum absolute atomic E-state index is 0.158. The predicted octanol–water partition coefficient (Wildman–Crippen LogP) is 4.64. The first-order valence-corrected chi connectivity index (χ1v) is 8.89. The maximum atomic E-state index is 12.1. The van der Waals surface area contributed by atoms with Crippen LogP contribution in [0.2, 0.25) is 0 Å². The van der Waals surface area contributed by atoms with E-state index < -0.39 is 0 Å². The van der Waals surface area contributed by atoms with Gasteiger partial charge in [-0.2, -0.15) is 0 Å². The van der Waals surface area contributed by atoms with Gasteiger partial charge < -0.3 is 9.64 Å². The van der Waals surface area contributed by atoms with Crippen LogP contribution >= 0.6 is 27.3 Å². The van der Waals surface area contributed by atoms with Gasteiger partial charge in [0.2, 0.25) is 5.91 Å². The largest absolute Gasteiger partial charge is 0.494 e. The molecule has 1 aromatic carbocycles. The topological polar surface area (TPSA) is 29.5 Å². The highest BCUT2D eigenvalue weighted by atomic mass is 79.9. The zero-order valence-corrected chi connectivity index (χ0v) is 15.2. The van der Waals surface area contributed by atoms with Crippen LogP contribution in [-0.2, 0) is 11.3 Å². The number of halogens is 1. The van der Waals surface area contributed by atoms with Crippen molar-refractivity contribution in [2.75, 3.05) is 13.7 Å². The van der Waals surface area contributed by atoms with Gasteiger partial charge in [-0.15, -0.1) is 11.3 Å². The lowest BCUT2D eigenvalue weighted by molar-refractivity contribution is -0.130. The van der Waals surface area contributed by atoms with Crippen LogP contribution in [0.3, 0.4) is 0 Å². The van der Waals surface area contributed by atoms with Crippen molar-refractivity contribution in [3.8, 4) is 5.75 Å². The van der Waals surface area contributed by atoms with Gasteiger partial charge in [0.05, 0.1) is 13.2 Å². The molecule has 1 heterocycles. The van der Waals surface area contributed by atoms with Crippen LogP contribution in [0, 0.1) is 6.92 Å². The van der Waals surface area contributed by atoms with Gasteiger partial charge in [0.25, 0.3) is 0 Å². The highest BCUT2D eigenvalue weighted by Crippen LogP contribution is 2.19. The molecule has 2 rings (SSSR count). The maximum Gasteiger partial charge on any atom is 0.222 e. The molecule has 0 aliphatic heterocycles. The SMILES string of the molecule is Cc1ccsc1CN(C)C(=O)CCCOc1cccc(Br)c1. The molecular weight excluding hydrogens is 362 g/mol. The quantitative estimate of drug-likeness (QED) is 0.653. The van der Waals surface area contributed by atoms with Crippen LogP contribution in [0.4, 0.5) is 0 Å². The fourth-order valence-electron chi connectivity index (χ4n) is 2.03. The summed E-state index contributed by atoms with van der Waals surface area (Å²) in [6, 6.07) is 9.82. The molecule has 0 saturated carbocycles. The van der Waals surface area contributed by atoms with Crippen molar-refractivity contribution < 1.29 is 9.53 Å². The monoisotopic (exact) mass is 381 g/mol. The second-order valence-electron chi connectivity index (χ2n) is 5.19. The Morgan fingerprint density at radius 1 is 1.36 bits per heavy atom. The molecule has 1 aromatic heterocycles. The van der Waals surface area contributed by atoms with Gasteiger partial charge in [0.1, 0.15) is 5.75 Å². The molecule has 3 nitrogen and oxygen atoms in total. The van der Waals surface area contributed by atoms with Crippen LogP contribution in [0.1, 0.15) is 23.3 Å². The average molecular weight is 382 g/mol. The van der Waals surface area contributed by atoms with E-state index in [4.69, 9.17) is 4.74 Å². The molecule has 0 aliphatic rings. The second kappa shape index (κ2) is 8.34. The number of thiophene rings is 1. The Morgan fingerprint density at radius 3 is 2.86 bits per heavy atom. The third-order valence-electron chi connectivity index (χ3n) is 3.37. The minimum Gasteiger partial charge on any atom is -0.494 e. The van der Waals surface area contributed by atoms with Gasteiger partial charge in [-0.1, -0.05) is 22.0 Å². The molecule has 0 radical (unpaired) electrons. The van der Waals surface area contributed by atoms with Crippen LogP contribution in [0.25, 0.3) is 0 Å². The van der Waals surface area contributed by atoms with E-state index in [0.717, 1.165) is 16.6 Å². The van der Waals surface area contributed by atoms with E-state index in [1.807, 2.05) is 31.3 Å². The maximum absolute atomic E-state index is 12.1. The third-order valence-corrected chi connectivity index (χ3v) is 4.88. The molecule has 0 fully saturated rings. The van der Waals surface area contributed by atoms with Crippen molar-refractivity contribution in [3.05, 3.63) is 50.6 Å². The van der Waals surface area contributed by atoms with Gasteiger partial charge >= 0.3 is 0 Å². The van der Waals surface area contributed by atoms with E-state index in [-0.39, 0.29) is 5.91 Å². The molecule has 0 bridgehead atoms. The molecular formula is C17H20BrNO2S. The molecule has 2 aromatic rings. The second-order valence-corrected chi connectivity index (χ2v) is 7.10. The predicted molar refractivity (Wildman–Crippen MR) is 94.4 cm³/mol. The van der Waals surface area contributed by atoms with E-state index in [0.29, 0.717) is 19.6 Å². The summed E-state index contributed by atoms with van der Waals surface area (Å²) in [5.41, 5.74) is 1.25. The zero-order chi connectivity index (χ0) is 15.9. The van der Waals surface area contributed by atoms with Gasteiger partial charge in [0, 0.05) is 22.8 Å². The summed E-state index contributed by atoms with van der Waals surface area (Å²) in [5, 5.41) is 2.06. The normalized spacial score (nSPS) is 10.5. The Balaban J connectivity index is 1.70. The number of ether oxygens (including phenoxy) is 1. The van der Waals surface area contributed by atoms with E-state index in [9.17, 15) is 4.79 Å². The molecule has 0 aliphatic carbocycles. The number of nitrogens with zero attached hydrogens (tertiary/aromatic N) is 1. The lowest BCUT2D eigenvalue weighted by Gasteiger charge is -2.17. The summed E-state index contributed by atoms with van der Waals surface area (Å²) in [6.45, 7) is 3.32. The van der Waals surface area contributed by atoms with Crippen molar-refractivity contribution in [2.24, 2.45) is 0 Å². The van der Waals surface area contributed by atoms with Gasteiger partial charge in [0.15, 0.2) is 0 Å². The van der Waals surface area contributed by atoms with Crippen LogP contribution in [-0.4, -0.2) is 24.5 Å². The Morgan fingerprint density at radius 2 is 2.18 bits per heavy atom. The Hall–Kier alpha value is -1.33. The van der Waals surface area contributed by atoms with Crippen molar-refractivity contribution >= 4 is 33.2 Å². The first-order valence-electron chi connectivity index (χ1n) is 7.21. The smallest absolute Gasteiger partial charge is 0.222 e. The summed E-state index contributed by atoms with van der Waals surface area (Å²) in [4.78, 5) is 15.2. The van der Waals surface area contributed by atoms with Crippen molar-refractivity contribution in [2.45, 2.75) is 26.3 Å². The van der Waals surface area contributed by atoms with Crippen LogP contribution in [0.15, 0.2) is 40.2 Å². The fraction of sp³-hybridized carbons (Fsp3) is 0.353. The fourth-order valence-corrected chi connectivity index (χ4v) is 3.37. The number of benzene rings is 1. The summed E-state index contributed by atoms with van der Waals surface area (Å²) in [7, 11) is 1.86. The van der Waals surface area contributed by atoms with Gasteiger partial charge in [-0.05, 0) is 48.6 Å². The molecule has 0 N–H and O–H groups in total. The highest BCUT2D eigenvalue weighted by molar-refractivity contribution is 9.10. The van der Waals surface area contributed by atoms with E-state index >= 15 is 0 Å². The number of hydrogen-bond donors (Lipinski definition) is 0. The summed E-state index contributed by atoms with van der Waals surface area (Å²) in [5.74, 6) is 0.982. The van der Waals surface area contributed by atoms with E-state index in [1.165, 1.54) is 10.4 Å². The van der Waals surface area contributed by atoms with Crippen molar-refractivity contribution in [3.63, 3.8) is 0 Å². The molecule has 118 valence electrons. The number of aryl methyl sites for hydroxylation is 1. The molecule has 1 amide bonds. The number of rotatable bonds is 7. The summed E-state index contributed by atoms with van der Waals surface area (Å²) < 4.78 is 6.64. The van der Waals surface area contributed by atoms with Crippen molar-refractivity contribution in [1.29, 1.82) is 0 Å². The Bertz CT molecular complexity index is 627. The lowest BCUT2D eigenvalue weighted by Crippen LogP contribution is -2.26. The lowest BCUT2D eigenvalue weighted by atomic mass is 10.2. The zero-order valence-electron chi connectivity index (χ0n) is 12.8. The van der Waals surface area contributed by atoms with E-state index in [2.05, 4.69) is 34.3 Å².